The van der Waals surface area contributed by atoms with Crippen LogP contribution >= 0.6 is 15.9 Å². The van der Waals surface area contributed by atoms with Crippen molar-refractivity contribution in [3.8, 4) is 0 Å². The highest BCUT2D eigenvalue weighted by molar-refractivity contribution is 9.10. The van der Waals surface area contributed by atoms with Crippen LogP contribution in [0.25, 0.3) is 0 Å². The summed E-state index contributed by atoms with van der Waals surface area (Å²) in [7, 11) is -3.90. The molecule has 194 valence electrons. The zero-order valence-electron chi connectivity index (χ0n) is 20.4. The van der Waals surface area contributed by atoms with Crippen molar-refractivity contribution in [3.63, 3.8) is 0 Å². The standard InChI is InChI=1S/C27H34BrN3O4S/c28-23-11-13-24(14-12-23)36(34,35)29-25(20-22-8-2-1-3-9-22)27(33)31-18-16-30(17-19-31)26(32)15-10-21-6-4-5-7-21/h1-3,8-9,11-14,21,25,29H,4-7,10,15-20H2. The van der Waals surface area contributed by atoms with Gasteiger partial charge >= 0.3 is 0 Å². The summed E-state index contributed by atoms with van der Waals surface area (Å²) in [5.74, 6) is 0.567. The van der Waals surface area contributed by atoms with Gasteiger partial charge in [0.25, 0.3) is 0 Å². The summed E-state index contributed by atoms with van der Waals surface area (Å²) in [6.07, 6.45) is 6.78. The number of piperazine rings is 1. The third-order valence-electron chi connectivity index (χ3n) is 7.19. The molecule has 2 aliphatic rings. The second-order valence-electron chi connectivity index (χ2n) is 9.71. The molecule has 2 amide bonds. The largest absolute Gasteiger partial charge is 0.339 e. The number of benzene rings is 2. The normalized spacial score (nSPS) is 17.8. The van der Waals surface area contributed by atoms with Gasteiger partial charge in [-0.1, -0.05) is 71.9 Å². The summed E-state index contributed by atoms with van der Waals surface area (Å²) >= 11 is 3.32. The molecule has 1 aliphatic carbocycles. The van der Waals surface area contributed by atoms with Crippen LogP contribution < -0.4 is 4.72 Å². The molecule has 1 heterocycles. The number of nitrogens with one attached hydrogen (secondary N) is 1. The van der Waals surface area contributed by atoms with Crippen LogP contribution in [0.3, 0.4) is 0 Å². The minimum atomic E-state index is -3.90. The quantitative estimate of drug-likeness (QED) is 0.490. The molecule has 2 aromatic rings. The average molecular weight is 577 g/mol. The molecule has 0 spiro atoms. The monoisotopic (exact) mass is 575 g/mol. The van der Waals surface area contributed by atoms with Crippen molar-refractivity contribution in [2.45, 2.75) is 55.9 Å². The van der Waals surface area contributed by atoms with E-state index in [-0.39, 0.29) is 23.1 Å². The van der Waals surface area contributed by atoms with Crippen LogP contribution in [0.1, 0.15) is 44.1 Å². The molecule has 0 bridgehead atoms. The lowest BCUT2D eigenvalue weighted by Crippen LogP contribution is -2.56. The fourth-order valence-electron chi connectivity index (χ4n) is 5.08. The summed E-state index contributed by atoms with van der Waals surface area (Å²) in [5, 5.41) is 0. The van der Waals surface area contributed by atoms with E-state index in [0.29, 0.717) is 38.5 Å². The molecule has 1 unspecified atom stereocenters. The maximum absolute atomic E-state index is 13.5. The van der Waals surface area contributed by atoms with Crippen LogP contribution in [-0.4, -0.2) is 62.3 Å². The van der Waals surface area contributed by atoms with Gasteiger partial charge in [-0.25, -0.2) is 8.42 Å². The Morgan fingerprint density at radius 2 is 1.53 bits per heavy atom. The maximum Gasteiger partial charge on any atom is 0.241 e. The predicted octanol–water partition coefficient (Wildman–Crippen LogP) is 3.98. The highest BCUT2D eigenvalue weighted by Crippen LogP contribution is 2.28. The van der Waals surface area contributed by atoms with Crippen LogP contribution in [0.15, 0.2) is 64.0 Å². The molecule has 2 fully saturated rings. The Labute approximate surface area is 222 Å². The molecule has 1 saturated heterocycles. The Balaban J connectivity index is 1.40. The molecular formula is C27H34BrN3O4S. The fraction of sp³-hybridized carbons (Fsp3) is 0.481. The first-order valence-electron chi connectivity index (χ1n) is 12.7. The smallest absolute Gasteiger partial charge is 0.241 e. The molecule has 2 aromatic carbocycles. The summed E-state index contributed by atoms with van der Waals surface area (Å²) in [4.78, 5) is 29.9. The maximum atomic E-state index is 13.5. The minimum Gasteiger partial charge on any atom is -0.339 e. The van der Waals surface area contributed by atoms with E-state index in [2.05, 4.69) is 20.7 Å². The van der Waals surface area contributed by atoms with E-state index < -0.39 is 16.1 Å². The predicted molar refractivity (Wildman–Crippen MR) is 143 cm³/mol. The Bertz CT molecular complexity index is 1130. The summed E-state index contributed by atoms with van der Waals surface area (Å²) < 4.78 is 29.6. The third-order valence-corrected chi connectivity index (χ3v) is 9.20. The van der Waals surface area contributed by atoms with Gasteiger partial charge in [0.15, 0.2) is 0 Å². The van der Waals surface area contributed by atoms with Gasteiger partial charge in [-0.2, -0.15) is 4.72 Å². The van der Waals surface area contributed by atoms with Gasteiger partial charge in [-0.3, -0.25) is 9.59 Å². The number of hydrogen-bond acceptors (Lipinski definition) is 4. The van der Waals surface area contributed by atoms with E-state index in [4.69, 9.17) is 0 Å². The highest BCUT2D eigenvalue weighted by Gasteiger charge is 2.32. The van der Waals surface area contributed by atoms with Crippen LogP contribution in [0.4, 0.5) is 0 Å². The molecule has 9 heteroatoms. The minimum absolute atomic E-state index is 0.106. The molecule has 1 N–H and O–H groups in total. The van der Waals surface area contributed by atoms with Gasteiger partial charge in [0.1, 0.15) is 6.04 Å². The number of carbonyl (C=O) groups excluding carboxylic acids is 2. The number of amides is 2. The van der Waals surface area contributed by atoms with E-state index >= 15 is 0 Å². The molecule has 1 atom stereocenters. The SMILES string of the molecule is O=C(CCC1CCCC1)N1CCN(C(=O)C(Cc2ccccc2)NS(=O)(=O)c2ccc(Br)cc2)CC1. The summed E-state index contributed by atoms with van der Waals surface area (Å²) in [6.45, 7) is 1.76. The zero-order chi connectivity index (χ0) is 25.5. The van der Waals surface area contributed by atoms with Gasteiger partial charge < -0.3 is 9.80 Å². The summed E-state index contributed by atoms with van der Waals surface area (Å²) in [5.41, 5.74) is 0.870. The lowest BCUT2D eigenvalue weighted by molar-refractivity contribution is -0.140. The van der Waals surface area contributed by atoms with E-state index in [1.54, 1.807) is 17.0 Å². The number of sulfonamides is 1. The van der Waals surface area contributed by atoms with Gasteiger partial charge in [0.05, 0.1) is 4.90 Å². The van der Waals surface area contributed by atoms with Gasteiger partial charge in [0, 0.05) is 37.1 Å². The number of nitrogens with zero attached hydrogens (tertiary/aromatic N) is 2. The molecule has 7 nitrogen and oxygen atoms in total. The van der Waals surface area contributed by atoms with E-state index in [1.807, 2.05) is 35.2 Å². The summed E-state index contributed by atoms with van der Waals surface area (Å²) in [6, 6.07) is 14.8. The topological polar surface area (TPSA) is 86.8 Å². The highest BCUT2D eigenvalue weighted by atomic mass is 79.9. The molecule has 4 rings (SSSR count). The number of carbonyl (C=O) groups is 2. The van der Waals surface area contributed by atoms with Crippen molar-refractivity contribution in [2.75, 3.05) is 26.2 Å². The second kappa shape index (κ2) is 12.3. The Kier molecular flexibility index (Phi) is 9.19. The van der Waals surface area contributed by atoms with Gasteiger partial charge in [-0.05, 0) is 48.6 Å². The van der Waals surface area contributed by atoms with Crippen LogP contribution in [0, 0.1) is 5.92 Å². The van der Waals surface area contributed by atoms with Crippen LogP contribution in [0.5, 0.6) is 0 Å². The second-order valence-corrected chi connectivity index (χ2v) is 12.3. The fourth-order valence-corrected chi connectivity index (χ4v) is 6.53. The first-order valence-corrected chi connectivity index (χ1v) is 15.0. The van der Waals surface area contributed by atoms with Crippen molar-refractivity contribution in [1.82, 2.24) is 14.5 Å². The number of rotatable bonds is 9. The van der Waals surface area contributed by atoms with Crippen molar-refractivity contribution >= 4 is 37.8 Å². The van der Waals surface area contributed by atoms with Crippen molar-refractivity contribution in [3.05, 3.63) is 64.6 Å². The Morgan fingerprint density at radius 3 is 2.17 bits per heavy atom. The van der Waals surface area contributed by atoms with Crippen LogP contribution in [-0.2, 0) is 26.0 Å². The molecule has 1 saturated carbocycles. The third kappa shape index (κ3) is 7.17. The number of hydrogen-bond donors (Lipinski definition) is 1. The van der Waals surface area contributed by atoms with E-state index in [9.17, 15) is 18.0 Å². The van der Waals surface area contributed by atoms with Gasteiger partial charge in [0.2, 0.25) is 21.8 Å². The first kappa shape index (κ1) is 26.8. The first-order chi connectivity index (χ1) is 17.3. The lowest BCUT2D eigenvalue weighted by atomic mass is 10.0. The Morgan fingerprint density at radius 1 is 0.917 bits per heavy atom. The van der Waals surface area contributed by atoms with E-state index in [1.165, 1.54) is 37.8 Å². The lowest BCUT2D eigenvalue weighted by Gasteiger charge is -2.36. The van der Waals surface area contributed by atoms with Crippen molar-refractivity contribution in [2.24, 2.45) is 5.92 Å². The van der Waals surface area contributed by atoms with Gasteiger partial charge in [-0.15, -0.1) is 0 Å². The molecular weight excluding hydrogens is 542 g/mol. The molecule has 0 radical (unpaired) electrons. The zero-order valence-corrected chi connectivity index (χ0v) is 22.8. The van der Waals surface area contributed by atoms with Crippen molar-refractivity contribution < 1.29 is 18.0 Å². The van der Waals surface area contributed by atoms with Crippen molar-refractivity contribution in [1.29, 1.82) is 0 Å². The Hall–Kier alpha value is -2.23. The molecule has 1 aliphatic heterocycles. The molecule has 0 aromatic heterocycles. The van der Waals surface area contributed by atoms with Crippen LogP contribution in [0.2, 0.25) is 0 Å². The van der Waals surface area contributed by atoms with E-state index in [0.717, 1.165) is 16.5 Å². The molecule has 36 heavy (non-hydrogen) atoms. The average Bonchev–Trinajstić information content (AvgIpc) is 3.41. The number of halogens is 1.